The van der Waals surface area contributed by atoms with Gasteiger partial charge in [0.05, 0.1) is 24.7 Å². The number of hydrogen-bond acceptors (Lipinski definition) is 6. The van der Waals surface area contributed by atoms with E-state index in [9.17, 15) is 0 Å². The summed E-state index contributed by atoms with van der Waals surface area (Å²) in [7, 11) is 1.59. The van der Waals surface area contributed by atoms with Crippen LogP contribution in [0.25, 0.3) is 0 Å². The number of anilines is 1. The second kappa shape index (κ2) is 3.62. The zero-order valence-corrected chi connectivity index (χ0v) is 8.36. The largest absolute Gasteiger partial charge is 0.480 e. The summed E-state index contributed by atoms with van der Waals surface area (Å²) >= 11 is 1.37. The lowest BCUT2D eigenvalue weighted by Gasteiger charge is -1.93. The van der Waals surface area contributed by atoms with Gasteiger partial charge in [-0.3, -0.25) is 0 Å². The second-order valence-corrected chi connectivity index (χ2v) is 3.57. The van der Waals surface area contributed by atoms with E-state index >= 15 is 0 Å². The van der Waals surface area contributed by atoms with E-state index in [2.05, 4.69) is 14.7 Å². The molecule has 0 saturated heterocycles. The molecule has 2 aromatic heterocycles. The fraction of sp³-hybridized carbons (Fsp3) is 0.286. The molecule has 0 aliphatic carbocycles. The van der Waals surface area contributed by atoms with Crippen molar-refractivity contribution in [2.75, 3.05) is 12.8 Å². The molecule has 0 radical (unpaired) electrons. The second-order valence-electron chi connectivity index (χ2n) is 2.68. The Balaban J connectivity index is 2.10. The summed E-state index contributed by atoms with van der Waals surface area (Å²) in [6.45, 7) is 0.616. The summed E-state index contributed by atoms with van der Waals surface area (Å²) in [6.07, 6.45) is 1.67. The number of aromatic nitrogens is 4. The molecular formula is C7H9N5OS. The normalized spacial score (nSPS) is 10.4. The first-order chi connectivity index (χ1) is 6.78. The van der Waals surface area contributed by atoms with Crippen LogP contribution in [0.3, 0.4) is 0 Å². The molecule has 2 aromatic rings. The number of nitrogens with two attached hydrogens (primary N) is 1. The fourth-order valence-corrected chi connectivity index (χ4v) is 1.69. The van der Waals surface area contributed by atoms with Gasteiger partial charge in [0.1, 0.15) is 0 Å². The molecule has 0 atom stereocenters. The maximum Gasteiger partial charge on any atom is 0.225 e. The zero-order valence-electron chi connectivity index (χ0n) is 7.54. The summed E-state index contributed by atoms with van der Waals surface area (Å²) in [5.74, 6) is 1.04. The predicted octanol–water partition coefficient (Wildman–Crippen LogP) is 0.374. The maximum absolute atomic E-state index is 5.43. The highest BCUT2D eigenvalue weighted by molar-refractivity contribution is 7.05. The van der Waals surface area contributed by atoms with Gasteiger partial charge in [-0.25, -0.2) is 4.68 Å². The highest BCUT2D eigenvalue weighted by atomic mass is 32.1. The Morgan fingerprint density at radius 2 is 2.50 bits per heavy atom. The van der Waals surface area contributed by atoms with Crippen molar-refractivity contribution >= 4 is 17.4 Å². The monoisotopic (exact) mass is 211 g/mol. The molecule has 14 heavy (non-hydrogen) atoms. The molecule has 0 unspecified atom stereocenters. The lowest BCUT2D eigenvalue weighted by atomic mass is 10.5. The molecule has 0 bridgehead atoms. The van der Waals surface area contributed by atoms with Crippen molar-refractivity contribution in [1.29, 1.82) is 0 Å². The van der Waals surface area contributed by atoms with Crippen molar-refractivity contribution in [2.45, 2.75) is 6.54 Å². The van der Waals surface area contributed by atoms with Crippen LogP contribution >= 0.6 is 11.5 Å². The van der Waals surface area contributed by atoms with Gasteiger partial charge < -0.3 is 10.5 Å². The Bertz CT molecular complexity index is 423. The van der Waals surface area contributed by atoms with Crippen molar-refractivity contribution < 1.29 is 4.74 Å². The van der Waals surface area contributed by atoms with Gasteiger partial charge >= 0.3 is 0 Å². The van der Waals surface area contributed by atoms with Crippen LogP contribution in [0.5, 0.6) is 5.88 Å². The van der Waals surface area contributed by atoms with Crippen molar-refractivity contribution in [3.8, 4) is 5.88 Å². The van der Waals surface area contributed by atoms with Crippen molar-refractivity contribution in [2.24, 2.45) is 0 Å². The number of methoxy groups -OCH3 is 1. The molecule has 0 aliphatic heterocycles. The summed E-state index contributed by atoms with van der Waals surface area (Å²) < 4.78 is 10.7. The zero-order chi connectivity index (χ0) is 9.97. The Labute approximate surface area is 84.5 Å². The van der Waals surface area contributed by atoms with Gasteiger partial charge in [-0.1, -0.05) is 5.21 Å². The minimum Gasteiger partial charge on any atom is -0.480 e. The van der Waals surface area contributed by atoms with E-state index in [1.807, 2.05) is 6.07 Å². The van der Waals surface area contributed by atoms with Crippen LogP contribution < -0.4 is 10.5 Å². The van der Waals surface area contributed by atoms with E-state index < -0.39 is 0 Å². The molecule has 7 heteroatoms. The summed E-state index contributed by atoms with van der Waals surface area (Å²) in [5, 5.41) is 7.51. The molecule has 0 saturated carbocycles. The Morgan fingerprint density at radius 1 is 1.64 bits per heavy atom. The van der Waals surface area contributed by atoms with Crippen LogP contribution in [-0.4, -0.2) is 26.5 Å². The molecule has 0 amide bonds. The highest BCUT2D eigenvalue weighted by Crippen LogP contribution is 2.16. The highest BCUT2D eigenvalue weighted by Gasteiger charge is 2.03. The molecule has 2 heterocycles. The number of rotatable bonds is 3. The van der Waals surface area contributed by atoms with E-state index in [0.717, 1.165) is 4.88 Å². The van der Waals surface area contributed by atoms with Crippen LogP contribution in [0.4, 0.5) is 5.82 Å². The number of ether oxygens (including phenoxy) is 1. The van der Waals surface area contributed by atoms with Gasteiger partial charge in [-0.2, -0.15) is 4.37 Å². The molecule has 6 nitrogen and oxygen atoms in total. The molecule has 0 fully saturated rings. The van der Waals surface area contributed by atoms with E-state index in [1.165, 1.54) is 11.5 Å². The quantitative estimate of drug-likeness (QED) is 0.793. The number of hydrogen-bond donors (Lipinski definition) is 1. The predicted molar refractivity (Wildman–Crippen MR) is 52.2 cm³/mol. The van der Waals surface area contributed by atoms with Gasteiger partial charge in [-0.05, 0) is 11.5 Å². The molecular weight excluding hydrogens is 202 g/mol. The standard InChI is InChI=1S/C7H9N5OS/c1-13-7-2-5(14-10-7)3-12-4-6(8)9-11-12/h2,4H,3,8H2,1H3. The average Bonchev–Trinajstić information content (AvgIpc) is 2.76. The first kappa shape index (κ1) is 8.95. The molecule has 0 spiro atoms. The maximum atomic E-state index is 5.43. The summed E-state index contributed by atoms with van der Waals surface area (Å²) in [5.41, 5.74) is 5.43. The smallest absolute Gasteiger partial charge is 0.225 e. The number of nitrogen functional groups attached to an aromatic ring is 1. The van der Waals surface area contributed by atoms with Gasteiger partial charge in [0.15, 0.2) is 5.82 Å². The average molecular weight is 211 g/mol. The third-order valence-corrected chi connectivity index (χ3v) is 2.37. The van der Waals surface area contributed by atoms with Crippen LogP contribution in [0.15, 0.2) is 12.3 Å². The van der Waals surface area contributed by atoms with Crippen molar-refractivity contribution in [1.82, 2.24) is 19.4 Å². The van der Waals surface area contributed by atoms with E-state index in [1.54, 1.807) is 18.0 Å². The topological polar surface area (TPSA) is 78.9 Å². The van der Waals surface area contributed by atoms with Gasteiger partial charge in [-0.15, -0.1) is 5.10 Å². The van der Waals surface area contributed by atoms with Crippen LogP contribution in [-0.2, 0) is 6.54 Å². The first-order valence-electron chi connectivity index (χ1n) is 3.93. The van der Waals surface area contributed by atoms with Gasteiger partial charge in [0.25, 0.3) is 0 Å². The van der Waals surface area contributed by atoms with E-state index in [4.69, 9.17) is 10.5 Å². The Kier molecular flexibility index (Phi) is 2.32. The SMILES string of the molecule is COc1cc(Cn2cc(N)nn2)sn1. The number of nitrogens with zero attached hydrogens (tertiary/aromatic N) is 4. The minimum absolute atomic E-state index is 0.418. The first-order valence-corrected chi connectivity index (χ1v) is 4.70. The van der Waals surface area contributed by atoms with Crippen LogP contribution in [0.1, 0.15) is 4.88 Å². The van der Waals surface area contributed by atoms with Gasteiger partial charge in [0.2, 0.25) is 5.88 Å². The van der Waals surface area contributed by atoms with E-state index in [-0.39, 0.29) is 0 Å². The third kappa shape index (κ3) is 1.82. The summed E-state index contributed by atoms with van der Waals surface area (Å²) in [6, 6.07) is 1.86. The summed E-state index contributed by atoms with van der Waals surface area (Å²) in [4.78, 5) is 1.05. The Hall–Kier alpha value is -1.63. The van der Waals surface area contributed by atoms with Gasteiger partial charge in [0, 0.05) is 6.07 Å². The van der Waals surface area contributed by atoms with Crippen molar-refractivity contribution in [3.05, 3.63) is 17.1 Å². The van der Waals surface area contributed by atoms with Crippen LogP contribution in [0, 0.1) is 0 Å². The van der Waals surface area contributed by atoms with E-state index in [0.29, 0.717) is 18.2 Å². The third-order valence-electron chi connectivity index (χ3n) is 1.62. The Morgan fingerprint density at radius 3 is 3.07 bits per heavy atom. The lowest BCUT2D eigenvalue weighted by molar-refractivity contribution is 0.402. The molecule has 2 rings (SSSR count). The minimum atomic E-state index is 0.418. The fourth-order valence-electron chi connectivity index (χ4n) is 1.02. The lowest BCUT2D eigenvalue weighted by Crippen LogP contribution is -1.98. The van der Waals surface area contributed by atoms with Crippen molar-refractivity contribution in [3.63, 3.8) is 0 Å². The molecule has 2 N–H and O–H groups in total. The molecule has 0 aromatic carbocycles. The molecule has 0 aliphatic rings. The van der Waals surface area contributed by atoms with Crippen LogP contribution in [0.2, 0.25) is 0 Å². The molecule has 74 valence electrons.